The number of rotatable bonds is 11. The van der Waals surface area contributed by atoms with Crippen LogP contribution in [0.5, 0.6) is 5.75 Å². The zero-order chi connectivity index (χ0) is 23.1. The molecule has 2 rings (SSSR count). The molecule has 0 amide bonds. The maximum absolute atomic E-state index is 12.8. The second kappa shape index (κ2) is 11.2. The third kappa shape index (κ3) is 6.45. The predicted octanol–water partition coefficient (Wildman–Crippen LogP) is 1.90. The number of Topliss-reactive ketones (excluding diaryl/α,β-unsaturated/α-hetero) is 3. The molecular weight excluding hydrogens is 400 g/mol. The first kappa shape index (κ1) is 24.7. The van der Waals surface area contributed by atoms with Gasteiger partial charge in [-0.05, 0) is 55.7 Å². The maximum Gasteiger partial charge on any atom is 0.167 e. The minimum absolute atomic E-state index is 0.0703. The van der Waals surface area contributed by atoms with Crippen LogP contribution in [-0.4, -0.2) is 71.2 Å². The zero-order valence-electron chi connectivity index (χ0n) is 18.4. The lowest BCUT2D eigenvalue weighted by Crippen LogP contribution is -2.32. The van der Waals surface area contributed by atoms with E-state index in [9.17, 15) is 29.7 Å². The van der Waals surface area contributed by atoms with Crippen LogP contribution in [0.1, 0.15) is 48.5 Å². The van der Waals surface area contributed by atoms with Crippen molar-refractivity contribution in [3.05, 3.63) is 23.3 Å². The lowest BCUT2D eigenvalue weighted by molar-refractivity contribution is -0.131. The molecule has 8 heteroatoms. The van der Waals surface area contributed by atoms with Gasteiger partial charge >= 0.3 is 0 Å². The Morgan fingerprint density at radius 1 is 1.26 bits per heavy atom. The quantitative estimate of drug-likeness (QED) is 0.277. The average Bonchev–Trinajstić information content (AvgIpc) is 2.67. The van der Waals surface area contributed by atoms with E-state index in [4.69, 9.17) is 0 Å². The number of aliphatic hydroxyl groups is 2. The molecule has 0 fully saturated rings. The van der Waals surface area contributed by atoms with Crippen LogP contribution >= 0.6 is 0 Å². The van der Waals surface area contributed by atoms with Crippen molar-refractivity contribution in [2.45, 2.75) is 39.0 Å². The third-order valence-corrected chi connectivity index (χ3v) is 5.68. The Morgan fingerprint density at radius 3 is 2.55 bits per heavy atom. The number of aliphatic imine (C=N–C) groups is 1. The molecule has 1 aromatic carbocycles. The van der Waals surface area contributed by atoms with E-state index >= 15 is 0 Å². The highest BCUT2D eigenvalue weighted by Gasteiger charge is 2.34. The van der Waals surface area contributed by atoms with Crippen molar-refractivity contribution >= 4 is 29.4 Å². The smallest absolute Gasteiger partial charge is 0.167 e. The number of aromatic hydroxyl groups is 1. The van der Waals surface area contributed by atoms with Gasteiger partial charge in [0.2, 0.25) is 0 Å². The van der Waals surface area contributed by atoms with Crippen LogP contribution in [0.25, 0.3) is 0 Å². The highest BCUT2D eigenvalue weighted by molar-refractivity contribution is 6.02. The van der Waals surface area contributed by atoms with Crippen molar-refractivity contribution in [3.63, 3.8) is 0 Å². The number of phenolic OH excluding ortho intramolecular Hbond substituents is 1. The fraction of sp³-hybridized carbons (Fsp3) is 0.565. The van der Waals surface area contributed by atoms with E-state index in [1.165, 1.54) is 13.0 Å². The number of fused-ring (bicyclic) bond motifs is 1. The molecule has 0 spiro atoms. The monoisotopic (exact) mass is 432 g/mol. The number of aliphatic hydroxyl groups excluding tert-OH is 2. The molecule has 3 unspecified atom stereocenters. The van der Waals surface area contributed by atoms with Gasteiger partial charge in [-0.25, -0.2) is 4.99 Å². The number of benzene rings is 1. The molecule has 0 saturated carbocycles. The van der Waals surface area contributed by atoms with Crippen LogP contribution in [0.3, 0.4) is 0 Å². The first-order valence-corrected chi connectivity index (χ1v) is 10.5. The summed E-state index contributed by atoms with van der Waals surface area (Å²) in [5.41, 5.74) is 1.55. The molecule has 0 radical (unpaired) electrons. The Bertz CT molecular complexity index is 849. The largest absolute Gasteiger partial charge is 0.507 e. The summed E-state index contributed by atoms with van der Waals surface area (Å²) >= 11 is 0. The Labute approximate surface area is 182 Å². The first-order chi connectivity index (χ1) is 14.7. The number of carbonyl (C=O) groups is 3. The van der Waals surface area contributed by atoms with Crippen LogP contribution in [-0.2, 0) is 16.0 Å². The van der Waals surface area contributed by atoms with Crippen LogP contribution in [0.15, 0.2) is 17.1 Å². The molecule has 0 bridgehead atoms. The van der Waals surface area contributed by atoms with Gasteiger partial charge in [-0.2, -0.15) is 0 Å². The van der Waals surface area contributed by atoms with Crippen molar-refractivity contribution in [1.29, 1.82) is 0 Å². The van der Waals surface area contributed by atoms with Crippen molar-refractivity contribution in [2.24, 2.45) is 22.7 Å². The topological polar surface area (TPSA) is 128 Å². The Hall–Kier alpha value is -2.58. The van der Waals surface area contributed by atoms with E-state index in [2.05, 4.69) is 4.99 Å². The van der Waals surface area contributed by atoms with Crippen LogP contribution in [0.4, 0.5) is 5.69 Å². The highest BCUT2D eigenvalue weighted by atomic mass is 16.3. The second-order valence-corrected chi connectivity index (χ2v) is 8.51. The van der Waals surface area contributed by atoms with Gasteiger partial charge in [-0.1, -0.05) is 0 Å². The standard InChI is InChI=1S/C23H32N2O6/c1-14(28)8-21(30)18(12-27)16(6-7-26)9-15-10-17-19(24-13-25(2)3)4-5-20(29)23(17)22(31)11-15/h4-5,13,15-16,18,26-27,29H,6-12H2,1-3H3. The summed E-state index contributed by atoms with van der Waals surface area (Å²) in [6.07, 6.45) is 2.78. The van der Waals surface area contributed by atoms with Gasteiger partial charge in [0.1, 0.15) is 17.3 Å². The Balaban J connectivity index is 2.30. The molecule has 1 aliphatic carbocycles. The number of phenols is 1. The summed E-state index contributed by atoms with van der Waals surface area (Å²) in [6, 6.07) is 3.14. The number of nitrogens with zero attached hydrogens (tertiary/aromatic N) is 2. The summed E-state index contributed by atoms with van der Waals surface area (Å²) in [5.74, 6) is -2.12. The average molecular weight is 433 g/mol. The summed E-state index contributed by atoms with van der Waals surface area (Å²) in [6.45, 7) is 0.754. The van der Waals surface area contributed by atoms with Crippen LogP contribution < -0.4 is 0 Å². The number of ketones is 3. The number of hydrogen-bond donors (Lipinski definition) is 3. The minimum Gasteiger partial charge on any atom is -0.507 e. The normalized spacial score (nSPS) is 18.0. The first-order valence-electron chi connectivity index (χ1n) is 10.5. The van der Waals surface area contributed by atoms with Crippen LogP contribution in [0, 0.1) is 17.8 Å². The maximum atomic E-state index is 12.8. The van der Waals surface area contributed by atoms with E-state index in [1.54, 1.807) is 17.3 Å². The SMILES string of the molecule is CC(=O)CC(=O)C(CO)C(CCO)CC1CC(=O)c2c(O)ccc(N=CN(C)C)c2C1. The minimum atomic E-state index is -0.761. The predicted molar refractivity (Wildman–Crippen MR) is 117 cm³/mol. The number of hydrogen-bond acceptors (Lipinski definition) is 7. The van der Waals surface area contributed by atoms with Gasteiger partial charge in [-0.3, -0.25) is 14.4 Å². The van der Waals surface area contributed by atoms with Crippen molar-refractivity contribution in [2.75, 3.05) is 27.3 Å². The Morgan fingerprint density at radius 2 is 1.97 bits per heavy atom. The van der Waals surface area contributed by atoms with Gasteiger partial charge in [-0.15, -0.1) is 0 Å². The lowest BCUT2D eigenvalue weighted by Gasteiger charge is -2.31. The number of carbonyl (C=O) groups excluding carboxylic acids is 3. The lowest BCUT2D eigenvalue weighted by atomic mass is 9.73. The third-order valence-electron chi connectivity index (χ3n) is 5.68. The van der Waals surface area contributed by atoms with Crippen molar-refractivity contribution in [1.82, 2.24) is 4.90 Å². The van der Waals surface area contributed by atoms with Crippen LogP contribution in [0.2, 0.25) is 0 Å². The zero-order valence-corrected chi connectivity index (χ0v) is 18.4. The molecule has 170 valence electrons. The Kier molecular flexibility index (Phi) is 8.88. The molecule has 3 atom stereocenters. The molecular formula is C23H32N2O6. The molecule has 0 aliphatic heterocycles. The fourth-order valence-corrected chi connectivity index (χ4v) is 4.30. The van der Waals surface area contributed by atoms with E-state index in [0.29, 0.717) is 24.1 Å². The molecule has 0 aromatic heterocycles. The van der Waals surface area contributed by atoms with Gasteiger partial charge in [0, 0.05) is 33.0 Å². The molecule has 0 saturated heterocycles. The van der Waals surface area contributed by atoms with Gasteiger partial charge in [0.25, 0.3) is 0 Å². The fourth-order valence-electron chi connectivity index (χ4n) is 4.30. The van der Waals surface area contributed by atoms with Gasteiger partial charge in [0.15, 0.2) is 5.78 Å². The molecule has 8 nitrogen and oxygen atoms in total. The molecule has 1 aromatic rings. The highest BCUT2D eigenvalue weighted by Crippen LogP contribution is 2.40. The molecule has 1 aliphatic rings. The molecule has 31 heavy (non-hydrogen) atoms. The van der Waals surface area contributed by atoms with Crippen molar-refractivity contribution in [3.8, 4) is 5.75 Å². The second-order valence-electron chi connectivity index (χ2n) is 8.51. The van der Waals surface area contributed by atoms with Crippen molar-refractivity contribution < 1.29 is 29.7 Å². The summed E-state index contributed by atoms with van der Waals surface area (Å²) in [7, 11) is 3.66. The van der Waals surface area contributed by atoms with E-state index in [-0.39, 0.29) is 66.4 Å². The van der Waals surface area contributed by atoms with Gasteiger partial charge < -0.3 is 20.2 Å². The molecule has 0 heterocycles. The summed E-state index contributed by atoms with van der Waals surface area (Å²) < 4.78 is 0. The van der Waals surface area contributed by atoms with E-state index in [0.717, 1.165) is 0 Å². The molecule has 3 N–H and O–H groups in total. The summed E-state index contributed by atoms with van der Waals surface area (Å²) in [5, 5.41) is 29.6. The van der Waals surface area contributed by atoms with E-state index in [1.807, 2.05) is 14.1 Å². The van der Waals surface area contributed by atoms with E-state index < -0.39 is 12.5 Å². The summed E-state index contributed by atoms with van der Waals surface area (Å²) in [4.78, 5) is 42.9. The van der Waals surface area contributed by atoms with Gasteiger partial charge in [0.05, 0.1) is 30.6 Å².